The van der Waals surface area contributed by atoms with Gasteiger partial charge in [-0.2, -0.15) is 0 Å². The molecule has 194 valence electrons. The number of carbonyl (C=O) groups is 4. The van der Waals surface area contributed by atoms with Crippen LogP contribution in [0.5, 0.6) is 5.75 Å². The molecular formula is C25H38N4O6. The van der Waals surface area contributed by atoms with Crippen molar-refractivity contribution in [1.29, 1.82) is 0 Å². The monoisotopic (exact) mass is 490 g/mol. The second kappa shape index (κ2) is 11.9. The van der Waals surface area contributed by atoms with Crippen LogP contribution in [0.1, 0.15) is 76.5 Å². The number of rotatable bonds is 8. The van der Waals surface area contributed by atoms with Crippen LogP contribution in [0.3, 0.4) is 0 Å². The number of aryl methyl sites for hydroxylation is 1. The first kappa shape index (κ1) is 27.9. The third-order valence-corrected chi connectivity index (χ3v) is 5.89. The van der Waals surface area contributed by atoms with Crippen molar-refractivity contribution in [3.63, 3.8) is 0 Å². The lowest BCUT2D eigenvalue weighted by Crippen LogP contribution is -2.53. The number of hydrogen-bond donors (Lipinski definition) is 4. The fraction of sp³-hybridized carbons (Fsp3) is 0.600. The van der Waals surface area contributed by atoms with Crippen molar-refractivity contribution in [3.05, 3.63) is 29.3 Å². The van der Waals surface area contributed by atoms with Gasteiger partial charge in [-0.25, -0.2) is 4.79 Å². The van der Waals surface area contributed by atoms with Gasteiger partial charge in [0.25, 0.3) is 0 Å². The van der Waals surface area contributed by atoms with Gasteiger partial charge < -0.3 is 31.1 Å². The summed E-state index contributed by atoms with van der Waals surface area (Å²) < 4.78 is 5.22. The number of nitrogens with zero attached hydrogens (tertiary/aromatic N) is 1. The Hall–Kier alpha value is -3.30. The van der Waals surface area contributed by atoms with E-state index < -0.39 is 47.9 Å². The van der Waals surface area contributed by atoms with Gasteiger partial charge in [0, 0.05) is 18.7 Å². The lowest BCUT2D eigenvalue weighted by molar-refractivity contribution is -0.142. The molecule has 2 atom stereocenters. The van der Waals surface area contributed by atoms with Crippen molar-refractivity contribution in [3.8, 4) is 5.75 Å². The fourth-order valence-electron chi connectivity index (χ4n) is 4.18. The molecule has 4 amide bonds. The van der Waals surface area contributed by atoms with Crippen LogP contribution in [-0.2, 0) is 19.1 Å². The Morgan fingerprint density at radius 2 is 1.80 bits per heavy atom. The maximum Gasteiger partial charge on any atom is 0.408 e. The Bertz CT molecular complexity index is 936. The van der Waals surface area contributed by atoms with Gasteiger partial charge in [0.05, 0.1) is 6.42 Å². The molecule has 1 fully saturated rings. The summed E-state index contributed by atoms with van der Waals surface area (Å²) in [6, 6.07) is 2.36. The summed E-state index contributed by atoms with van der Waals surface area (Å²) in [7, 11) is 1.39. The van der Waals surface area contributed by atoms with Crippen LogP contribution < -0.4 is 16.4 Å². The van der Waals surface area contributed by atoms with Crippen molar-refractivity contribution < 1.29 is 29.0 Å². The second-order valence-electron chi connectivity index (χ2n) is 10.1. The number of ether oxygens (including phenoxy) is 1. The van der Waals surface area contributed by atoms with Crippen molar-refractivity contribution in [2.45, 2.75) is 89.9 Å². The van der Waals surface area contributed by atoms with Crippen LogP contribution >= 0.6 is 0 Å². The molecule has 5 N–H and O–H groups in total. The average molecular weight is 491 g/mol. The number of amides is 4. The maximum atomic E-state index is 13.5. The molecule has 10 heteroatoms. The van der Waals surface area contributed by atoms with Crippen LogP contribution in [0.2, 0.25) is 0 Å². The average Bonchev–Trinajstić information content (AvgIpc) is 2.74. The largest absolute Gasteiger partial charge is 0.507 e. The van der Waals surface area contributed by atoms with Gasteiger partial charge in [0.2, 0.25) is 17.7 Å². The van der Waals surface area contributed by atoms with E-state index in [-0.39, 0.29) is 17.4 Å². The normalized spacial score (nSPS) is 16.0. The number of likely N-dealkylation sites (N-methyl/N-ethyl adjacent to an activating group) is 1. The zero-order chi connectivity index (χ0) is 26.3. The number of primary amides is 1. The van der Waals surface area contributed by atoms with E-state index in [2.05, 4.69) is 10.6 Å². The maximum absolute atomic E-state index is 13.5. The number of nitrogens with two attached hydrogens (primary N) is 1. The molecule has 0 radical (unpaired) electrons. The number of para-hydroxylation sites is 1. The van der Waals surface area contributed by atoms with Crippen molar-refractivity contribution in [1.82, 2.24) is 15.5 Å². The predicted octanol–water partition coefficient (Wildman–Crippen LogP) is 2.42. The van der Waals surface area contributed by atoms with Crippen LogP contribution in [0.25, 0.3) is 0 Å². The molecule has 1 aliphatic rings. The molecule has 1 aliphatic carbocycles. The smallest absolute Gasteiger partial charge is 0.408 e. The number of alkyl carbamates (subject to hydrolysis) is 1. The van der Waals surface area contributed by atoms with Gasteiger partial charge in [-0.05, 0) is 46.1 Å². The number of phenolic OH excluding ortho intramolecular Hbond substituents is 1. The Morgan fingerprint density at radius 1 is 1.17 bits per heavy atom. The minimum Gasteiger partial charge on any atom is -0.507 e. The van der Waals surface area contributed by atoms with Gasteiger partial charge in [0.15, 0.2) is 0 Å². The molecule has 0 aliphatic heterocycles. The number of phenols is 1. The SMILES string of the molecule is Cc1cccc(C(C(=O)NC2CCCCC2)N(C)C(=O)C(CC(N)=O)NC(=O)OC(C)(C)C)c1O. The Labute approximate surface area is 206 Å². The number of benzene rings is 1. The molecule has 2 rings (SSSR count). The molecule has 0 bridgehead atoms. The molecule has 2 unspecified atom stereocenters. The quantitative estimate of drug-likeness (QED) is 0.439. The topological polar surface area (TPSA) is 151 Å². The van der Waals surface area contributed by atoms with Crippen molar-refractivity contribution in [2.75, 3.05) is 7.05 Å². The molecule has 1 aromatic carbocycles. The third-order valence-electron chi connectivity index (χ3n) is 5.89. The van der Waals surface area contributed by atoms with E-state index >= 15 is 0 Å². The molecule has 0 spiro atoms. The second-order valence-corrected chi connectivity index (χ2v) is 10.1. The summed E-state index contributed by atoms with van der Waals surface area (Å²) in [6.45, 7) is 6.68. The number of hydrogen-bond acceptors (Lipinski definition) is 6. The summed E-state index contributed by atoms with van der Waals surface area (Å²) in [6.07, 6.45) is 3.39. The van der Waals surface area contributed by atoms with Gasteiger partial charge in [-0.15, -0.1) is 0 Å². The molecule has 0 aromatic heterocycles. The predicted molar refractivity (Wildman–Crippen MR) is 130 cm³/mol. The van der Waals surface area contributed by atoms with Gasteiger partial charge >= 0.3 is 6.09 Å². The van der Waals surface area contributed by atoms with Gasteiger partial charge in [0.1, 0.15) is 23.4 Å². The first-order chi connectivity index (χ1) is 16.3. The van der Waals surface area contributed by atoms with Crippen LogP contribution in [-0.4, -0.2) is 58.6 Å². The Kier molecular flexibility index (Phi) is 9.50. The molecular weight excluding hydrogens is 452 g/mol. The van der Waals surface area contributed by atoms with Gasteiger partial charge in [-0.3, -0.25) is 14.4 Å². The third kappa shape index (κ3) is 8.15. The molecule has 1 aromatic rings. The van der Waals surface area contributed by atoms with Crippen LogP contribution in [0, 0.1) is 6.92 Å². The Morgan fingerprint density at radius 3 is 2.37 bits per heavy atom. The molecule has 0 heterocycles. The van der Waals surface area contributed by atoms with E-state index in [1.165, 1.54) is 7.05 Å². The number of aromatic hydroxyl groups is 1. The molecule has 0 saturated heterocycles. The lowest BCUT2D eigenvalue weighted by Gasteiger charge is -2.33. The summed E-state index contributed by atoms with van der Waals surface area (Å²) in [5.41, 5.74) is 5.28. The Balaban J connectivity index is 2.37. The first-order valence-corrected chi connectivity index (χ1v) is 11.9. The van der Waals surface area contributed by atoms with Crippen molar-refractivity contribution in [2.24, 2.45) is 5.73 Å². The van der Waals surface area contributed by atoms with E-state index in [1.807, 2.05) is 0 Å². The summed E-state index contributed by atoms with van der Waals surface area (Å²) in [5, 5.41) is 16.1. The zero-order valence-electron chi connectivity index (χ0n) is 21.2. The standard InChI is InChI=1S/C25H38N4O6/c1-15-10-9-13-17(21(15)31)20(22(32)27-16-11-7-6-8-12-16)29(5)23(33)18(14-19(26)30)28-24(34)35-25(2,3)4/h9-10,13,16,18,20,31H,6-8,11-12,14H2,1-5H3,(H2,26,30)(H,27,32)(H,28,34). The summed E-state index contributed by atoms with van der Waals surface area (Å²) in [5.74, 6) is -2.10. The van der Waals surface area contributed by atoms with E-state index in [0.717, 1.165) is 37.0 Å². The highest BCUT2D eigenvalue weighted by atomic mass is 16.6. The first-order valence-electron chi connectivity index (χ1n) is 11.9. The number of nitrogens with one attached hydrogen (secondary N) is 2. The zero-order valence-corrected chi connectivity index (χ0v) is 21.2. The highest BCUT2D eigenvalue weighted by Crippen LogP contribution is 2.32. The molecule has 10 nitrogen and oxygen atoms in total. The fourth-order valence-corrected chi connectivity index (χ4v) is 4.18. The van der Waals surface area contributed by atoms with E-state index in [1.54, 1.807) is 45.9 Å². The lowest BCUT2D eigenvalue weighted by atomic mass is 9.94. The van der Waals surface area contributed by atoms with E-state index in [4.69, 9.17) is 10.5 Å². The molecule has 1 saturated carbocycles. The van der Waals surface area contributed by atoms with Crippen LogP contribution in [0.15, 0.2) is 18.2 Å². The van der Waals surface area contributed by atoms with Crippen LogP contribution in [0.4, 0.5) is 4.79 Å². The van der Waals surface area contributed by atoms with Gasteiger partial charge in [-0.1, -0.05) is 37.5 Å². The summed E-state index contributed by atoms with van der Waals surface area (Å²) >= 11 is 0. The van der Waals surface area contributed by atoms with Crippen molar-refractivity contribution >= 4 is 23.8 Å². The van der Waals surface area contributed by atoms with E-state index in [9.17, 15) is 24.3 Å². The number of carbonyl (C=O) groups excluding carboxylic acids is 4. The van der Waals surface area contributed by atoms with E-state index in [0.29, 0.717) is 5.56 Å². The highest BCUT2D eigenvalue weighted by Gasteiger charge is 2.37. The minimum absolute atomic E-state index is 0.0319. The highest BCUT2D eigenvalue weighted by molar-refractivity contribution is 5.94. The summed E-state index contributed by atoms with van der Waals surface area (Å²) in [4.78, 5) is 52.1. The minimum atomic E-state index is -1.36. The molecule has 35 heavy (non-hydrogen) atoms.